The maximum Gasteiger partial charge on any atom is 0.265 e. The number of benzene rings is 1. The van der Waals surface area contributed by atoms with E-state index in [1.54, 1.807) is 0 Å². The third-order valence-electron chi connectivity index (χ3n) is 2.81. The molecular formula is C14H13FN2O4S. The highest BCUT2D eigenvalue weighted by Gasteiger charge is 2.21. The lowest BCUT2D eigenvalue weighted by molar-refractivity contribution is 0.101. The molecule has 1 aromatic heterocycles. The molecule has 116 valence electrons. The highest BCUT2D eigenvalue weighted by Crippen LogP contribution is 2.26. The van der Waals surface area contributed by atoms with Gasteiger partial charge < -0.3 is 4.74 Å². The summed E-state index contributed by atoms with van der Waals surface area (Å²) in [6.45, 7) is 1.34. The quantitative estimate of drug-likeness (QED) is 0.853. The number of carbonyl (C=O) groups excluding carboxylic acids is 1. The van der Waals surface area contributed by atoms with Crippen LogP contribution in [0.2, 0.25) is 0 Å². The van der Waals surface area contributed by atoms with Crippen molar-refractivity contribution in [2.24, 2.45) is 0 Å². The fourth-order valence-electron chi connectivity index (χ4n) is 1.76. The maximum atomic E-state index is 13.3. The van der Waals surface area contributed by atoms with Crippen LogP contribution in [0.4, 0.5) is 10.1 Å². The van der Waals surface area contributed by atoms with Crippen LogP contribution in [0.25, 0.3) is 0 Å². The molecule has 1 heterocycles. The predicted molar refractivity (Wildman–Crippen MR) is 78.0 cm³/mol. The Morgan fingerprint density at radius 1 is 1.27 bits per heavy atom. The van der Waals surface area contributed by atoms with Crippen molar-refractivity contribution in [3.63, 3.8) is 0 Å². The number of ketones is 1. The molecule has 8 heteroatoms. The zero-order valence-electron chi connectivity index (χ0n) is 11.8. The van der Waals surface area contributed by atoms with E-state index in [1.807, 2.05) is 0 Å². The van der Waals surface area contributed by atoms with Gasteiger partial charge in [0.05, 0.1) is 19.0 Å². The SMILES string of the molecule is COc1ccc(F)cc1S(=O)(=O)Nc1cncc(C(C)=O)c1. The van der Waals surface area contributed by atoms with E-state index in [9.17, 15) is 17.6 Å². The zero-order chi connectivity index (χ0) is 16.3. The number of aromatic nitrogens is 1. The summed E-state index contributed by atoms with van der Waals surface area (Å²) in [6, 6.07) is 4.51. The number of carbonyl (C=O) groups is 1. The van der Waals surface area contributed by atoms with E-state index >= 15 is 0 Å². The van der Waals surface area contributed by atoms with Crippen LogP contribution in [0, 0.1) is 5.82 Å². The van der Waals surface area contributed by atoms with Gasteiger partial charge in [-0.25, -0.2) is 12.8 Å². The molecule has 0 amide bonds. The average molecular weight is 324 g/mol. The molecule has 1 aromatic carbocycles. The van der Waals surface area contributed by atoms with Crippen molar-refractivity contribution in [1.82, 2.24) is 4.98 Å². The van der Waals surface area contributed by atoms with Gasteiger partial charge in [0.2, 0.25) is 0 Å². The Hall–Kier alpha value is -2.48. The molecule has 0 saturated heterocycles. The summed E-state index contributed by atoms with van der Waals surface area (Å²) in [7, 11) is -2.81. The number of methoxy groups -OCH3 is 1. The highest BCUT2D eigenvalue weighted by atomic mass is 32.2. The van der Waals surface area contributed by atoms with Gasteiger partial charge in [-0.15, -0.1) is 0 Å². The molecule has 0 aliphatic carbocycles. The van der Waals surface area contributed by atoms with Crippen LogP contribution in [-0.2, 0) is 10.0 Å². The molecule has 0 unspecified atom stereocenters. The zero-order valence-corrected chi connectivity index (χ0v) is 12.6. The molecule has 2 aromatic rings. The number of ether oxygens (including phenoxy) is 1. The summed E-state index contributed by atoms with van der Waals surface area (Å²) < 4.78 is 45.2. The Kier molecular flexibility index (Phi) is 4.41. The molecule has 0 aliphatic heterocycles. The third kappa shape index (κ3) is 3.40. The van der Waals surface area contributed by atoms with E-state index in [-0.39, 0.29) is 27.7 Å². The van der Waals surface area contributed by atoms with Gasteiger partial charge in [-0.2, -0.15) is 0 Å². The smallest absolute Gasteiger partial charge is 0.265 e. The fourth-order valence-corrected chi connectivity index (χ4v) is 2.97. The van der Waals surface area contributed by atoms with E-state index in [2.05, 4.69) is 9.71 Å². The molecule has 0 bridgehead atoms. The molecule has 22 heavy (non-hydrogen) atoms. The van der Waals surface area contributed by atoms with Crippen molar-refractivity contribution in [3.05, 3.63) is 48.0 Å². The van der Waals surface area contributed by atoms with Crippen molar-refractivity contribution < 1.29 is 22.3 Å². The van der Waals surface area contributed by atoms with Crippen molar-refractivity contribution >= 4 is 21.5 Å². The van der Waals surface area contributed by atoms with Crippen LogP contribution in [0.3, 0.4) is 0 Å². The lowest BCUT2D eigenvalue weighted by Crippen LogP contribution is -2.15. The molecular weight excluding hydrogens is 311 g/mol. The second-order valence-corrected chi connectivity index (χ2v) is 6.07. The van der Waals surface area contributed by atoms with Gasteiger partial charge in [0.1, 0.15) is 16.5 Å². The number of pyridine rings is 1. The number of Topliss-reactive ketones (excluding diaryl/α,β-unsaturated/α-hetero) is 1. The monoisotopic (exact) mass is 324 g/mol. The minimum absolute atomic E-state index is 0.00424. The minimum Gasteiger partial charge on any atom is -0.495 e. The standard InChI is InChI=1S/C14H13FN2O4S/c1-9(18)10-5-12(8-16-7-10)17-22(19,20)14-6-11(15)3-4-13(14)21-2/h3-8,17H,1-2H3. The number of nitrogens with one attached hydrogen (secondary N) is 1. The fraction of sp³-hybridized carbons (Fsp3) is 0.143. The number of hydrogen-bond acceptors (Lipinski definition) is 5. The van der Waals surface area contributed by atoms with Crippen LogP contribution in [0.5, 0.6) is 5.75 Å². The van der Waals surface area contributed by atoms with Crippen LogP contribution >= 0.6 is 0 Å². The van der Waals surface area contributed by atoms with Crippen molar-refractivity contribution in [1.29, 1.82) is 0 Å². The van der Waals surface area contributed by atoms with E-state index in [1.165, 1.54) is 38.6 Å². The summed E-state index contributed by atoms with van der Waals surface area (Å²) >= 11 is 0. The topological polar surface area (TPSA) is 85.4 Å². The van der Waals surface area contributed by atoms with Gasteiger partial charge in [-0.3, -0.25) is 14.5 Å². The van der Waals surface area contributed by atoms with Crippen molar-refractivity contribution in [2.75, 3.05) is 11.8 Å². The molecule has 0 saturated carbocycles. The number of halogens is 1. The normalized spacial score (nSPS) is 11.0. The van der Waals surface area contributed by atoms with Gasteiger partial charge >= 0.3 is 0 Å². The van der Waals surface area contributed by atoms with Crippen LogP contribution in [0.1, 0.15) is 17.3 Å². The number of anilines is 1. The summed E-state index contributed by atoms with van der Waals surface area (Å²) in [5.74, 6) is -0.960. The lowest BCUT2D eigenvalue weighted by atomic mass is 10.2. The first-order chi connectivity index (χ1) is 10.3. The van der Waals surface area contributed by atoms with E-state index in [0.29, 0.717) is 0 Å². The lowest BCUT2D eigenvalue weighted by Gasteiger charge is -2.11. The maximum absolute atomic E-state index is 13.3. The molecule has 0 aliphatic rings. The Bertz CT molecular complexity index is 821. The predicted octanol–water partition coefficient (Wildman–Crippen LogP) is 2.23. The number of hydrogen-bond donors (Lipinski definition) is 1. The second kappa shape index (κ2) is 6.10. The van der Waals surface area contributed by atoms with Crippen molar-refractivity contribution in [2.45, 2.75) is 11.8 Å². The Morgan fingerprint density at radius 2 is 2.00 bits per heavy atom. The first-order valence-corrected chi connectivity index (χ1v) is 7.64. The molecule has 0 radical (unpaired) electrons. The largest absolute Gasteiger partial charge is 0.495 e. The molecule has 2 rings (SSSR count). The first-order valence-electron chi connectivity index (χ1n) is 6.16. The van der Waals surface area contributed by atoms with Crippen LogP contribution in [-0.4, -0.2) is 26.3 Å². The summed E-state index contributed by atoms with van der Waals surface area (Å²) in [5, 5.41) is 0. The Balaban J connectivity index is 2.42. The van der Waals surface area contributed by atoms with Crippen molar-refractivity contribution in [3.8, 4) is 5.75 Å². The number of nitrogens with zero attached hydrogens (tertiary/aromatic N) is 1. The Morgan fingerprint density at radius 3 is 2.64 bits per heavy atom. The molecule has 1 N–H and O–H groups in total. The highest BCUT2D eigenvalue weighted by molar-refractivity contribution is 7.92. The first kappa shape index (κ1) is 15.9. The molecule has 0 atom stereocenters. The van der Waals surface area contributed by atoms with Crippen LogP contribution < -0.4 is 9.46 Å². The molecule has 0 spiro atoms. The molecule has 6 nitrogen and oxygen atoms in total. The van der Waals surface area contributed by atoms with Gasteiger partial charge in [-0.1, -0.05) is 0 Å². The average Bonchev–Trinajstić information content (AvgIpc) is 2.47. The number of rotatable bonds is 5. The van der Waals surface area contributed by atoms with Gasteiger partial charge in [0, 0.05) is 11.8 Å². The minimum atomic E-state index is -4.09. The third-order valence-corrected chi connectivity index (χ3v) is 4.21. The summed E-state index contributed by atoms with van der Waals surface area (Å²) in [6.07, 6.45) is 2.57. The van der Waals surface area contributed by atoms with E-state index in [0.717, 1.165) is 12.1 Å². The van der Waals surface area contributed by atoms with Gasteiger partial charge in [0.25, 0.3) is 10.0 Å². The van der Waals surface area contributed by atoms with Gasteiger partial charge in [0.15, 0.2) is 5.78 Å². The van der Waals surface area contributed by atoms with Gasteiger partial charge in [-0.05, 0) is 31.2 Å². The summed E-state index contributed by atoms with van der Waals surface area (Å²) in [4.78, 5) is 14.7. The molecule has 0 fully saturated rings. The van der Waals surface area contributed by atoms with E-state index < -0.39 is 15.8 Å². The summed E-state index contributed by atoms with van der Waals surface area (Å²) in [5.41, 5.74) is 0.352. The Labute approximate surface area is 127 Å². The van der Waals surface area contributed by atoms with E-state index in [4.69, 9.17) is 4.74 Å². The second-order valence-electron chi connectivity index (χ2n) is 4.42. The number of sulfonamides is 1. The van der Waals surface area contributed by atoms with Crippen LogP contribution in [0.15, 0.2) is 41.6 Å².